The maximum atomic E-state index is 14.7. The molecule has 168 valence electrons. The number of benzene rings is 1. The molecule has 0 spiro atoms. The van der Waals surface area contributed by atoms with Gasteiger partial charge in [-0.3, -0.25) is 9.79 Å². The number of hydrogen-bond donors (Lipinski definition) is 2. The minimum atomic E-state index is -4.86. The zero-order valence-electron chi connectivity index (χ0n) is 17.3. The summed E-state index contributed by atoms with van der Waals surface area (Å²) in [4.78, 5) is 20.5. The summed E-state index contributed by atoms with van der Waals surface area (Å²) in [5.74, 6) is -1.86. The normalized spacial score (nSPS) is 23.2. The summed E-state index contributed by atoms with van der Waals surface area (Å²) in [5, 5.41) is 11.4. The Morgan fingerprint density at radius 3 is 2.62 bits per heavy atom. The quantitative estimate of drug-likeness (QED) is 0.696. The van der Waals surface area contributed by atoms with Crippen LogP contribution >= 0.6 is 0 Å². The van der Waals surface area contributed by atoms with Crippen LogP contribution in [-0.4, -0.2) is 35.1 Å². The zero-order chi connectivity index (χ0) is 23.8. The van der Waals surface area contributed by atoms with Gasteiger partial charge in [-0.1, -0.05) is 0 Å². The van der Waals surface area contributed by atoms with Crippen LogP contribution in [0.2, 0.25) is 0 Å². The van der Waals surface area contributed by atoms with Crippen LogP contribution in [0.25, 0.3) is 0 Å². The number of hydrogen-bond acceptors (Lipinski definition) is 6. The molecule has 3 atom stereocenters. The predicted molar refractivity (Wildman–Crippen MR) is 107 cm³/mol. The van der Waals surface area contributed by atoms with Gasteiger partial charge in [-0.15, -0.1) is 0 Å². The van der Waals surface area contributed by atoms with Crippen molar-refractivity contribution in [3.05, 3.63) is 58.7 Å². The molecule has 0 radical (unpaired) electrons. The smallest absolute Gasteiger partial charge is 0.385 e. The highest BCUT2D eigenvalue weighted by molar-refractivity contribution is 6.03. The van der Waals surface area contributed by atoms with Crippen molar-refractivity contribution >= 4 is 17.4 Å². The molecular formula is C21H19F4N5O2. The van der Waals surface area contributed by atoms with Gasteiger partial charge in [0.05, 0.1) is 5.56 Å². The van der Waals surface area contributed by atoms with Crippen LogP contribution in [0.5, 0.6) is 0 Å². The number of anilines is 1. The minimum absolute atomic E-state index is 0.00587. The van der Waals surface area contributed by atoms with E-state index in [-0.39, 0.29) is 22.8 Å². The molecule has 11 heteroatoms. The van der Waals surface area contributed by atoms with Crippen molar-refractivity contribution in [1.29, 1.82) is 5.26 Å². The first-order valence-corrected chi connectivity index (χ1v) is 9.42. The van der Waals surface area contributed by atoms with Gasteiger partial charge in [0.1, 0.15) is 35.1 Å². The summed E-state index contributed by atoms with van der Waals surface area (Å²) in [6, 6.07) is 6.54. The van der Waals surface area contributed by atoms with Gasteiger partial charge in [-0.25, -0.2) is 9.37 Å². The molecule has 1 aromatic heterocycles. The number of halogens is 4. The van der Waals surface area contributed by atoms with Crippen LogP contribution < -0.4 is 11.1 Å². The number of nitrogens with one attached hydrogen (secondary N) is 1. The molecule has 3 rings (SSSR count). The van der Waals surface area contributed by atoms with E-state index in [1.165, 1.54) is 25.3 Å². The molecule has 1 aliphatic rings. The Labute approximate surface area is 180 Å². The van der Waals surface area contributed by atoms with Gasteiger partial charge in [-0.05, 0) is 50.6 Å². The highest BCUT2D eigenvalue weighted by atomic mass is 19.4. The summed E-state index contributed by atoms with van der Waals surface area (Å²) in [5.41, 5.74) is 3.75. The number of rotatable bonds is 3. The second kappa shape index (κ2) is 8.20. The molecule has 1 amide bonds. The van der Waals surface area contributed by atoms with E-state index in [0.717, 1.165) is 19.1 Å². The molecule has 2 aromatic rings. The highest BCUT2D eigenvalue weighted by Crippen LogP contribution is 2.44. The van der Waals surface area contributed by atoms with Gasteiger partial charge in [0.15, 0.2) is 6.10 Å². The number of carbonyl (C=O) groups excluding carboxylic acids is 1. The third kappa shape index (κ3) is 4.27. The number of aryl methyl sites for hydroxylation is 1. The first-order chi connectivity index (χ1) is 14.9. The maximum Gasteiger partial charge on any atom is 0.417 e. The first kappa shape index (κ1) is 23.1. The third-order valence-electron chi connectivity index (χ3n) is 5.12. The Bertz CT molecular complexity index is 1140. The molecule has 1 aromatic carbocycles. The van der Waals surface area contributed by atoms with Crippen LogP contribution in [0, 0.1) is 24.1 Å². The summed E-state index contributed by atoms with van der Waals surface area (Å²) < 4.78 is 61.0. The van der Waals surface area contributed by atoms with Gasteiger partial charge in [-0.2, -0.15) is 18.4 Å². The molecule has 0 bridgehead atoms. The Hall–Kier alpha value is -3.52. The minimum Gasteiger partial charge on any atom is -0.385 e. The van der Waals surface area contributed by atoms with Crippen molar-refractivity contribution in [2.24, 2.45) is 10.7 Å². The molecule has 2 heterocycles. The second-order valence-corrected chi connectivity index (χ2v) is 7.53. The van der Waals surface area contributed by atoms with E-state index in [9.17, 15) is 22.4 Å². The molecule has 32 heavy (non-hydrogen) atoms. The molecule has 0 saturated carbocycles. The van der Waals surface area contributed by atoms with Crippen LogP contribution in [0.1, 0.15) is 41.0 Å². The fraction of sp³-hybridized carbons (Fsp3) is 0.333. The molecule has 7 nitrogen and oxygen atoms in total. The van der Waals surface area contributed by atoms with E-state index in [2.05, 4.69) is 15.3 Å². The van der Waals surface area contributed by atoms with Crippen molar-refractivity contribution in [1.82, 2.24) is 4.98 Å². The van der Waals surface area contributed by atoms with E-state index < -0.39 is 41.2 Å². The standard InChI is InChI=1S/C21H19F4N5O2/c1-10-6-12(8-26)9-28-16(10)18(31)29-13-4-5-15(22)14(7-13)20(3)19(21(23,24)25)32-11(2)17(27)30-20/h4-7,9,11,19H,1-3H3,(H2,27,30)(H,29,31). The number of nitriles is 1. The average molecular weight is 449 g/mol. The number of amides is 1. The van der Waals surface area contributed by atoms with Crippen LogP contribution in [0.4, 0.5) is 23.2 Å². The Morgan fingerprint density at radius 2 is 2.03 bits per heavy atom. The number of ether oxygens (including phenoxy) is 1. The largest absolute Gasteiger partial charge is 0.417 e. The van der Waals surface area contributed by atoms with E-state index in [1.54, 1.807) is 6.92 Å². The molecular weight excluding hydrogens is 430 g/mol. The molecule has 3 N–H and O–H groups in total. The summed E-state index contributed by atoms with van der Waals surface area (Å²) in [7, 11) is 0. The number of alkyl halides is 3. The van der Waals surface area contributed by atoms with Crippen LogP contribution in [0.3, 0.4) is 0 Å². The number of carbonyl (C=O) groups is 1. The average Bonchev–Trinajstić information content (AvgIpc) is 2.71. The van der Waals surface area contributed by atoms with Crippen molar-refractivity contribution in [2.75, 3.05) is 5.32 Å². The second-order valence-electron chi connectivity index (χ2n) is 7.53. The lowest BCUT2D eigenvalue weighted by atomic mass is 9.84. The third-order valence-corrected chi connectivity index (χ3v) is 5.12. The number of nitrogens with zero attached hydrogens (tertiary/aromatic N) is 3. The molecule has 0 aliphatic carbocycles. The molecule has 3 unspecified atom stereocenters. The topological polar surface area (TPSA) is 113 Å². The van der Waals surface area contributed by atoms with E-state index in [0.29, 0.717) is 5.56 Å². The van der Waals surface area contributed by atoms with E-state index in [4.69, 9.17) is 15.7 Å². The van der Waals surface area contributed by atoms with E-state index in [1.807, 2.05) is 6.07 Å². The zero-order valence-corrected chi connectivity index (χ0v) is 17.3. The first-order valence-electron chi connectivity index (χ1n) is 9.42. The SMILES string of the molecule is Cc1cc(C#N)cnc1C(=O)Nc1ccc(F)c(C2(C)N=C(N)C(C)OC2C(F)(F)F)c1. The Balaban J connectivity index is 2.01. The summed E-state index contributed by atoms with van der Waals surface area (Å²) in [6.07, 6.45) is -7.21. The fourth-order valence-electron chi connectivity index (χ4n) is 3.48. The van der Waals surface area contributed by atoms with Crippen molar-refractivity contribution < 1.29 is 27.1 Å². The number of aliphatic imine (C=N–C) groups is 1. The van der Waals surface area contributed by atoms with Gasteiger partial charge >= 0.3 is 6.18 Å². The lowest BCUT2D eigenvalue weighted by molar-refractivity contribution is -0.248. The van der Waals surface area contributed by atoms with Crippen LogP contribution in [0.15, 0.2) is 35.5 Å². The van der Waals surface area contributed by atoms with Crippen molar-refractivity contribution in [3.8, 4) is 6.07 Å². The van der Waals surface area contributed by atoms with Gasteiger partial charge in [0, 0.05) is 17.4 Å². The van der Waals surface area contributed by atoms with Crippen LogP contribution in [-0.2, 0) is 10.3 Å². The maximum absolute atomic E-state index is 14.7. The fourth-order valence-corrected chi connectivity index (χ4v) is 3.48. The number of amidine groups is 1. The molecule has 0 saturated heterocycles. The number of pyridine rings is 1. The van der Waals surface area contributed by atoms with Gasteiger partial charge < -0.3 is 15.8 Å². The Morgan fingerprint density at radius 1 is 1.34 bits per heavy atom. The summed E-state index contributed by atoms with van der Waals surface area (Å²) >= 11 is 0. The molecule has 0 fully saturated rings. The lowest BCUT2D eigenvalue weighted by Gasteiger charge is -2.41. The van der Waals surface area contributed by atoms with Gasteiger partial charge in [0.25, 0.3) is 5.91 Å². The van der Waals surface area contributed by atoms with Crippen molar-refractivity contribution in [3.63, 3.8) is 0 Å². The van der Waals surface area contributed by atoms with E-state index >= 15 is 0 Å². The molecule has 1 aliphatic heterocycles. The van der Waals surface area contributed by atoms with Crippen molar-refractivity contribution in [2.45, 2.75) is 44.7 Å². The number of nitrogens with two attached hydrogens (primary N) is 1. The Kier molecular flexibility index (Phi) is 5.93. The monoisotopic (exact) mass is 449 g/mol. The predicted octanol–water partition coefficient (Wildman–Crippen LogP) is 3.58. The lowest BCUT2D eigenvalue weighted by Crippen LogP contribution is -2.55. The summed E-state index contributed by atoms with van der Waals surface area (Å²) in [6.45, 7) is 3.96. The van der Waals surface area contributed by atoms with Gasteiger partial charge in [0.2, 0.25) is 0 Å². The highest BCUT2D eigenvalue weighted by Gasteiger charge is 2.57. The number of aromatic nitrogens is 1.